The van der Waals surface area contributed by atoms with E-state index in [1.807, 2.05) is 14.1 Å². The predicted molar refractivity (Wildman–Crippen MR) is 146 cm³/mol. The maximum Gasteiger partial charge on any atom is 0.0903 e. The molecule has 0 N–H and O–H groups in total. The fraction of sp³-hybridized carbons (Fsp3) is 0.533. The van der Waals surface area contributed by atoms with Crippen LogP contribution < -0.4 is 0 Å². The molecular weight excluding hydrogens is 388 g/mol. The summed E-state index contributed by atoms with van der Waals surface area (Å²) in [6.07, 6.45) is 15.6. The number of allylic oxidation sites excluding steroid dienone is 12. The first kappa shape index (κ1) is 27.8. The zero-order valence-corrected chi connectivity index (χ0v) is 22.8. The van der Waals surface area contributed by atoms with Gasteiger partial charge < -0.3 is 0 Å². The SMILES string of the molecule is CCC(C)(C)/C(C)=C/C=C(\C)C1=CC=C(/C(C)=C/C=C(\C)C(C)(C)CC)C(=NC)C1=NC. The summed E-state index contributed by atoms with van der Waals surface area (Å²) < 4.78 is 0. The summed E-state index contributed by atoms with van der Waals surface area (Å²) in [4.78, 5) is 9.29. The van der Waals surface area contributed by atoms with Gasteiger partial charge in [0.2, 0.25) is 0 Å². The molecular formula is C30H46N2. The summed E-state index contributed by atoms with van der Waals surface area (Å²) in [7, 11) is 3.72. The van der Waals surface area contributed by atoms with Gasteiger partial charge in [-0.3, -0.25) is 9.98 Å². The summed E-state index contributed by atoms with van der Waals surface area (Å²) in [5.74, 6) is 0. The average Bonchev–Trinajstić information content (AvgIpc) is 2.78. The van der Waals surface area contributed by atoms with Crippen molar-refractivity contribution in [3.05, 3.63) is 69.9 Å². The van der Waals surface area contributed by atoms with Crippen LogP contribution in [0.15, 0.2) is 79.9 Å². The first-order valence-electron chi connectivity index (χ1n) is 11.9. The number of rotatable bonds is 8. The van der Waals surface area contributed by atoms with Crippen LogP contribution in [0.25, 0.3) is 0 Å². The van der Waals surface area contributed by atoms with Gasteiger partial charge in [0.05, 0.1) is 11.4 Å². The zero-order chi connectivity index (χ0) is 24.7. The van der Waals surface area contributed by atoms with E-state index < -0.39 is 0 Å². The molecule has 0 saturated heterocycles. The minimum absolute atomic E-state index is 0.211. The average molecular weight is 435 g/mol. The lowest BCUT2D eigenvalue weighted by Gasteiger charge is -2.24. The molecule has 1 aliphatic rings. The second kappa shape index (κ2) is 11.6. The van der Waals surface area contributed by atoms with E-state index >= 15 is 0 Å². The van der Waals surface area contributed by atoms with Crippen molar-refractivity contribution >= 4 is 11.4 Å². The Morgan fingerprint density at radius 3 is 1.22 bits per heavy atom. The van der Waals surface area contributed by atoms with E-state index in [0.29, 0.717) is 0 Å². The van der Waals surface area contributed by atoms with Crippen LogP contribution in [0.5, 0.6) is 0 Å². The lowest BCUT2D eigenvalue weighted by molar-refractivity contribution is 0.429. The standard InChI is InChI=1S/C30H46N2/c1-13-29(7,8)23(5)17-15-21(3)25-19-20-26(28(32-12)27(25)31-11)22(4)16-18-24(6)30(9,10)14-2/h15-20H,13-14H2,1-12H3/b21-15+,22-16+,23-17+,24-18+,31-27?,32-28?. The summed E-state index contributed by atoms with van der Waals surface area (Å²) >= 11 is 0. The van der Waals surface area contributed by atoms with E-state index in [-0.39, 0.29) is 10.8 Å². The Labute approximate surface area is 198 Å². The van der Waals surface area contributed by atoms with Crippen LogP contribution in [-0.2, 0) is 0 Å². The van der Waals surface area contributed by atoms with E-state index in [1.165, 1.54) is 22.3 Å². The summed E-state index contributed by atoms with van der Waals surface area (Å²) in [6.45, 7) is 22.4. The van der Waals surface area contributed by atoms with Crippen molar-refractivity contribution in [1.29, 1.82) is 0 Å². The summed E-state index contributed by atoms with van der Waals surface area (Å²) in [6, 6.07) is 0. The predicted octanol–water partition coefficient (Wildman–Crippen LogP) is 8.65. The molecule has 0 bridgehead atoms. The second-order valence-corrected chi connectivity index (χ2v) is 10.2. The molecule has 32 heavy (non-hydrogen) atoms. The van der Waals surface area contributed by atoms with Crippen LogP contribution in [0.3, 0.4) is 0 Å². The van der Waals surface area contributed by atoms with Crippen LogP contribution in [0.1, 0.15) is 82.1 Å². The Balaban J connectivity index is 3.43. The molecule has 0 atom stereocenters. The van der Waals surface area contributed by atoms with Gasteiger partial charge in [-0.05, 0) is 62.5 Å². The largest absolute Gasteiger partial charge is 0.286 e. The van der Waals surface area contributed by atoms with Crippen molar-refractivity contribution in [2.45, 2.75) is 82.1 Å². The molecule has 0 fully saturated rings. The van der Waals surface area contributed by atoms with Gasteiger partial charge in [0.15, 0.2) is 0 Å². The number of hydrogen-bond donors (Lipinski definition) is 0. The third kappa shape index (κ3) is 6.64. The topological polar surface area (TPSA) is 24.7 Å². The number of hydrogen-bond acceptors (Lipinski definition) is 2. The van der Waals surface area contributed by atoms with Gasteiger partial charge in [-0.1, -0.05) is 89.1 Å². The van der Waals surface area contributed by atoms with Gasteiger partial charge in [-0.25, -0.2) is 0 Å². The number of nitrogens with zero attached hydrogens (tertiary/aromatic N) is 2. The fourth-order valence-electron chi connectivity index (χ4n) is 3.36. The molecule has 2 heteroatoms. The van der Waals surface area contributed by atoms with Crippen molar-refractivity contribution < 1.29 is 0 Å². The third-order valence-corrected chi connectivity index (χ3v) is 7.52. The molecule has 1 rings (SSSR count). The molecule has 0 heterocycles. The lowest BCUT2D eigenvalue weighted by atomic mass is 9.81. The molecule has 0 aliphatic heterocycles. The normalized spacial score (nSPS) is 20.1. The molecule has 2 nitrogen and oxygen atoms in total. The monoisotopic (exact) mass is 434 g/mol. The third-order valence-electron chi connectivity index (χ3n) is 7.52. The molecule has 0 unspecified atom stereocenters. The molecule has 1 aliphatic carbocycles. The van der Waals surface area contributed by atoms with Gasteiger partial charge in [0.25, 0.3) is 0 Å². The quantitative estimate of drug-likeness (QED) is 0.270. The maximum absolute atomic E-state index is 4.65. The minimum atomic E-state index is 0.211. The highest BCUT2D eigenvalue weighted by molar-refractivity contribution is 6.56. The zero-order valence-electron chi connectivity index (χ0n) is 22.8. The molecule has 0 aromatic rings. The Kier molecular flexibility index (Phi) is 10.1. The van der Waals surface area contributed by atoms with Crippen molar-refractivity contribution in [3.63, 3.8) is 0 Å². The fourth-order valence-corrected chi connectivity index (χ4v) is 3.36. The maximum atomic E-state index is 4.65. The molecule has 0 saturated carbocycles. The summed E-state index contributed by atoms with van der Waals surface area (Å²) in [5, 5.41) is 0. The van der Waals surface area contributed by atoms with E-state index in [9.17, 15) is 0 Å². The highest BCUT2D eigenvalue weighted by atomic mass is 14.8. The van der Waals surface area contributed by atoms with Crippen molar-refractivity contribution in [3.8, 4) is 0 Å². The van der Waals surface area contributed by atoms with Gasteiger partial charge in [-0.15, -0.1) is 0 Å². The molecule has 0 spiro atoms. The first-order valence-corrected chi connectivity index (χ1v) is 11.9. The Bertz CT molecular complexity index is 857. The lowest BCUT2D eigenvalue weighted by Crippen LogP contribution is -2.23. The van der Waals surface area contributed by atoms with Crippen LogP contribution in [0.2, 0.25) is 0 Å². The molecule has 0 amide bonds. The van der Waals surface area contributed by atoms with E-state index in [0.717, 1.165) is 35.4 Å². The Hall–Kier alpha value is -2.22. The summed E-state index contributed by atoms with van der Waals surface area (Å²) in [5.41, 5.74) is 9.81. The molecule has 176 valence electrons. The van der Waals surface area contributed by atoms with Gasteiger partial charge in [0.1, 0.15) is 0 Å². The Morgan fingerprint density at radius 1 is 0.656 bits per heavy atom. The van der Waals surface area contributed by atoms with Crippen LogP contribution in [0, 0.1) is 10.8 Å². The molecule has 0 aromatic carbocycles. The van der Waals surface area contributed by atoms with Crippen LogP contribution >= 0.6 is 0 Å². The highest BCUT2D eigenvalue weighted by Gasteiger charge is 2.23. The van der Waals surface area contributed by atoms with E-state index in [1.54, 1.807) is 0 Å². The van der Waals surface area contributed by atoms with Gasteiger partial charge in [0, 0.05) is 25.2 Å². The Morgan fingerprint density at radius 2 is 0.969 bits per heavy atom. The first-order chi connectivity index (χ1) is 14.9. The van der Waals surface area contributed by atoms with Crippen molar-refractivity contribution in [1.82, 2.24) is 0 Å². The van der Waals surface area contributed by atoms with Gasteiger partial charge in [-0.2, -0.15) is 0 Å². The second-order valence-electron chi connectivity index (χ2n) is 10.2. The number of aliphatic imine (C=N–C) groups is 2. The van der Waals surface area contributed by atoms with E-state index in [4.69, 9.17) is 0 Å². The van der Waals surface area contributed by atoms with Crippen LogP contribution in [-0.4, -0.2) is 25.5 Å². The highest BCUT2D eigenvalue weighted by Crippen LogP contribution is 2.31. The van der Waals surface area contributed by atoms with Crippen molar-refractivity contribution in [2.24, 2.45) is 20.8 Å². The smallest absolute Gasteiger partial charge is 0.0903 e. The minimum Gasteiger partial charge on any atom is -0.286 e. The van der Waals surface area contributed by atoms with Crippen LogP contribution in [0.4, 0.5) is 0 Å². The van der Waals surface area contributed by atoms with Gasteiger partial charge >= 0.3 is 0 Å². The molecule has 0 radical (unpaired) electrons. The van der Waals surface area contributed by atoms with Crippen molar-refractivity contribution in [2.75, 3.05) is 14.1 Å². The molecule has 0 aromatic heterocycles. The van der Waals surface area contributed by atoms with E-state index in [2.05, 4.69) is 116 Å².